The molecule has 2 amide bonds. The van der Waals surface area contributed by atoms with E-state index < -0.39 is 11.7 Å². The van der Waals surface area contributed by atoms with Gasteiger partial charge < -0.3 is 15.4 Å². The van der Waals surface area contributed by atoms with Crippen LogP contribution < -0.4 is 10.6 Å². The molecule has 0 aromatic carbocycles. The number of thiazole rings is 1. The highest BCUT2D eigenvalue weighted by atomic mass is 35.5. The average molecular weight is 444 g/mol. The highest BCUT2D eigenvalue weighted by Crippen LogP contribution is 2.32. The standard InChI is InChI=1S/C19H26ClN3O3S2/c1-11(2)13(23-18(25)26-19(3,4)5)9-21-16(24)8-12-10-27-17(22-12)14-6-7-15(20)28-14/h6-7,10-11,13H,8-9H2,1-5H3,(H,21,24)(H,23,25). The van der Waals surface area contributed by atoms with Gasteiger partial charge in [-0.25, -0.2) is 9.78 Å². The van der Waals surface area contributed by atoms with E-state index in [2.05, 4.69) is 15.6 Å². The molecule has 2 N–H and O–H groups in total. The fourth-order valence-electron chi connectivity index (χ4n) is 2.29. The Balaban J connectivity index is 1.86. The van der Waals surface area contributed by atoms with Crippen LogP contribution in [0.15, 0.2) is 17.5 Å². The van der Waals surface area contributed by atoms with Crippen LogP contribution in [0.4, 0.5) is 4.79 Å². The molecular weight excluding hydrogens is 418 g/mol. The van der Waals surface area contributed by atoms with Crippen LogP contribution in [0.5, 0.6) is 0 Å². The number of thiophene rings is 1. The quantitative estimate of drug-likeness (QED) is 0.648. The summed E-state index contributed by atoms with van der Waals surface area (Å²) in [5.74, 6) is -0.0000265. The molecule has 2 aromatic rings. The number of rotatable bonds is 7. The first-order valence-electron chi connectivity index (χ1n) is 9.00. The van der Waals surface area contributed by atoms with E-state index in [1.54, 1.807) is 0 Å². The second kappa shape index (κ2) is 9.71. The van der Waals surface area contributed by atoms with Crippen molar-refractivity contribution >= 4 is 46.3 Å². The first-order chi connectivity index (χ1) is 13.0. The summed E-state index contributed by atoms with van der Waals surface area (Å²) >= 11 is 8.91. The van der Waals surface area contributed by atoms with Crippen molar-refractivity contribution in [1.29, 1.82) is 0 Å². The van der Waals surface area contributed by atoms with E-state index in [1.165, 1.54) is 22.7 Å². The number of carbonyl (C=O) groups is 2. The molecule has 1 unspecified atom stereocenters. The predicted molar refractivity (Wildman–Crippen MR) is 115 cm³/mol. The maximum Gasteiger partial charge on any atom is 0.407 e. The Morgan fingerprint density at radius 3 is 2.57 bits per heavy atom. The summed E-state index contributed by atoms with van der Waals surface area (Å²) in [7, 11) is 0. The third-order valence-corrected chi connectivity index (χ3v) is 5.99. The zero-order valence-electron chi connectivity index (χ0n) is 16.7. The minimum absolute atomic E-state index is 0.141. The highest BCUT2D eigenvalue weighted by molar-refractivity contribution is 7.23. The number of nitrogens with one attached hydrogen (secondary N) is 2. The van der Waals surface area contributed by atoms with Crippen molar-refractivity contribution in [2.24, 2.45) is 5.92 Å². The molecule has 0 aliphatic carbocycles. The van der Waals surface area contributed by atoms with Crippen LogP contribution >= 0.6 is 34.3 Å². The van der Waals surface area contributed by atoms with E-state index in [1.807, 2.05) is 52.1 Å². The molecule has 2 aromatic heterocycles. The van der Waals surface area contributed by atoms with E-state index >= 15 is 0 Å². The van der Waals surface area contributed by atoms with Gasteiger partial charge in [-0.05, 0) is 38.8 Å². The lowest BCUT2D eigenvalue weighted by Gasteiger charge is -2.26. The highest BCUT2D eigenvalue weighted by Gasteiger charge is 2.22. The van der Waals surface area contributed by atoms with Gasteiger partial charge in [0.05, 0.1) is 27.4 Å². The van der Waals surface area contributed by atoms with E-state index in [-0.39, 0.29) is 24.3 Å². The summed E-state index contributed by atoms with van der Waals surface area (Å²) in [6, 6.07) is 3.53. The molecule has 0 fully saturated rings. The summed E-state index contributed by atoms with van der Waals surface area (Å²) in [6.07, 6.45) is -0.299. The maximum atomic E-state index is 12.3. The van der Waals surface area contributed by atoms with Crippen LogP contribution in [0, 0.1) is 5.92 Å². The van der Waals surface area contributed by atoms with Gasteiger partial charge in [-0.1, -0.05) is 25.4 Å². The second-order valence-corrected chi connectivity index (χ2v) is 10.3. The fourth-order valence-corrected chi connectivity index (χ4v) is 4.23. The van der Waals surface area contributed by atoms with E-state index in [4.69, 9.17) is 16.3 Å². The zero-order chi connectivity index (χ0) is 20.9. The van der Waals surface area contributed by atoms with E-state index in [0.717, 1.165) is 9.88 Å². The van der Waals surface area contributed by atoms with Gasteiger partial charge in [-0.2, -0.15) is 0 Å². The molecule has 0 aliphatic rings. The van der Waals surface area contributed by atoms with Crippen LogP contribution in [0.2, 0.25) is 4.34 Å². The minimum Gasteiger partial charge on any atom is -0.444 e. The molecular formula is C19H26ClN3O3S2. The van der Waals surface area contributed by atoms with Crippen molar-refractivity contribution in [3.8, 4) is 9.88 Å². The van der Waals surface area contributed by atoms with Crippen molar-refractivity contribution in [3.05, 3.63) is 27.5 Å². The Labute approximate surface area is 178 Å². The SMILES string of the molecule is CC(C)C(CNC(=O)Cc1csc(-c2ccc(Cl)s2)n1)NC(=O)OC(C)(C)C. The average Bonchev–Trinajstić information content (AvgIpc) is 3.18. The first-order valence-corrected chi connectivity index (χ1v) is 11.1. The van der Waals surface area contributed by atoms with Crippen LogP contribution in [0.25, 0.3) is 9.88 Å². The number of nitrogens with zero attached hydrogens (tertiary/aromatic N) is 1. The minimum atomic E-state index is -0.565. The lowest BCUT2D eigenvalue weighted by molar-refractivity contribution is -0.120. The van der Waals surface area contributed by atoms with Gasteiger partial charge in [0, 0.05) is 11.9 Å². The number of carbonyl (C=O) groups excluding carboxylic acids is 2. The number of ether oxygens (including phenoxy) is 1. The monoisotopic (exact) mass is 443 g/mol. The van der Waals surface area contributed by atoms with Gasteiger partial charge in [0.25, 0.3) is 0 Å². The number of aromatic nitrogens is 1. The second-order valence-electron chi connectivity index (χ2n) is 7.73. The van der Waals surface area contributed by atoms with Crippen molar-refractivity contribution in [3.63, 3.8) is 0 Å². The molecule has 2 heterocycles. The van der Waals surface area contributed by atoms with Gasteiger partial charge in [0.2, 0.25) is 5.91 Å². The van der Waals surface area contributed by atoms with Crippen molar-refractivity contribution < 1.29 is 14.3 Å². The molecule has 0 saturated carbocycles. The number of halogens is 1. The van der Waals surface area contributed by atoms with Gasteiger partial charge in [0.1, 0.15) is 10.6 Å². The summed E-state index contributed by atoms with van der Waals surface area (Å²) in [4.78, 5) is 29.8. The fraction of sp³-hybridized carbons (Fsp3) is 0.526. The number of hydrogen-bond acceptors (Lipinski definition) is 6. The molecule has 28 heavy (non-hydrogen) atoms. The molecule has 0 spiro atoms. The van der Waals surface area contributed by atoms with Crippen LogP contribution in [0.3, 0.4) is 0 Å². The Bertz CT molecular complexity index is 811. The number of amides is 2. The predicted octanol–water partition coefficient (Wildman–Crippen LogP) is 4.73. The molecule has 0 saturated heterocycles. The largest absolute Gasteiger partial charge is 0.444 e. The zero-order valence-corrected chi connectivity index (χ0v) is 19.1. The van der Waals surface area contributed by atoms with Crippen LogP contribution in [0.1, 0.15) is 40.3 Å². The number of alkyl carbamates (subject to hydrolysis) is 1. The third kappa shape index (κ3) is 7.41. The van der Waals surface area contributed by atoms with E-state index in [9.17, 15) is 9.59 Å². The third-order valence-electron chi connectivity index (χ3n) is 3.70. The molecule has 0 radical (unpaired) electrons. The van der Waals surface area contributed by atoms with Gasteiger partial charge in [-0.15, -0.1) is 22.7 Å². The lowest BCUT2D eigenvalue weighted by atomic mass is 10.0. The Kier molecular flexibility index (Phi) is 7.86. The van der Waals surface area contributed by atoms with Gasteiger partial charge in [-0.3, -0.25) is 4.79 Å². The summed E-state index contributed by atoms with van der Waals surface area (Å²) in [6.45, 7) is 9.72. The van der Waals surface area contributed by atoms with Crippen LogP contribution in [-0.4, -0.2) is 35.2 Å². The number of hydrogen-bond donors (Lipinski definition) is 2. The molecule has 2 rings (SSSR count). The van der Waals surface area contributed by atoms with Gasteiger partial charge in [0.15, 0.2) is 0 Å². The molecule has 0 aliphatic heterocycles. The van der Waals surface area contributed by atoms with Gasteiger partial charge >= 0.3 is 6.09 Å². The summed E-state index contributed by atoms with van der Waals surface area (Å²) < 4.78 is 6.00. The molecule has 6 nitrogen and oxygen atoms in total. The maximum absolute atomic E-state index is 12.3. The van der Waals surface area contributed by atoms with E-state index in [0.29, 0.717) is 16.6 Å². The normalized spacial score (nSPS) is 12.7. The topological polar surface area (TPSA) is 80.3 Å². The summed E-state index contributed by atoms with van der Waals surface area (Å²) in [5.41, 5.74) is 0.146. The van der Waals surface area contributed by atoms with Crippen molar-refractivity contribution in [2.75, 3.05) is 6.54 Å². The molecule has 0 bridgehead atoms. The summed E-state index contributed by atoms with van der Waals surface area (Å²) in [5, 5.41) is 8.42. The van der Waals surface area contributed by atoms with Crippen molar-refractivity contribution in [2.45, 2.75) is 52.7 Å². The smallest absolute Gasteiger partial charge is 0.407 e. The van der Waals surface area contributed by atoms with Crippen LogP contribution in [-0.2, 0) is 16.0 Å². The molecule has 154 valence electrons. The Morgan fingerprint density at radius 2 is 2.00 bits per heavy atom. The van der Waals surface area contributed by atoms with Crippen molar-refractivity contribution in [1.82, 2.24) is 15.6 Å². The Morgan fingerprint density at radius 1 is 1.29 bits per heavy atom. The lowest BCUT2D eigenvalue weighted by Crippen LogP contribution is -2.48. The molecule has 9 heteroatoms. The Hall–Kier alpha value is -1.64. The first kappa shape index (κ1) is 22.6. The molecule has 1 atom stereocenters.